The third-order valence-corrected chi connectivity index (χ3v) is 4.82. The molecule has 0 unspecified atom stereocenters. The number of carbonyl (C=O) groups excluding carboxylic acids is 1. The lowest BCUT2D eigenvalue weighted by Gasteiger charge is -2.22. The first kappa shape index (κ1) is 19.2. The molecule has 3 aromatic rings. The Bertz CT molecular complexity index is 1160. The Hall–Kier alpha value is -4.13. The van der Waals surface area contributed by atoms with Gasteiger partial charge < -0.3 is 15.7 Å². The molecule has 1 aromatic heterocycles. The third-order valence-electron chi connectivity index (χ3n) is 4.82. The van der Waals surface area contributed by atoms with Crippen LogP contribution in [-0.4, -0.2) is 26.8 Å². The average Bonchev–Trinajstić information content (AvgIpc) is 3.18. The highest BCUT2D eigenvalue weighted by Gasteiger charge is 2.27. The maximum atomic E-state index is 12.9. The Morgan fingerprint density at radius 2 is 1.87 bits per heavy atom. The lowest BCUT2D eigenvalue weighted by atomic mass is 10.1. The predicted octanol–water partition coefficient (Wildman–Crippen LogP) is 4.09. The fourth-order valence-corrected chi connectivity index (χ4v) is 3.23. The van der Waals surface area contributed by atoms with Crippen molar-refractivity contribution < 1.29 is 14.7 Å². The van der Waals surface area contributed by atoms with Crippen LogP contribution in [0.25, 0.3) is 6.08 Å². The van der Waals surface area contributed by atoms with Gasteiger partial charge in [-0.15, -0.1) is 0 Å². The van der Waals surface area contributed by atoms with E-state index in [1.54, 1.807) is 10.8 Å². The lowest BCUT2D eigenvalue weighted by Crippen LogP contribution is -2.24. The minimum Gasteiger partial charge on any atom is -0.477 e. The number of carboxylic acid groups (broad SMARTS) is 1. The zero-order valence-electron chi connectivity index (χ0n) is 16.2. The molecule has 30 heavy (non-hydrogen) atoms. The Balaban J connectivity index is 1.66. The Kier molecular flexibility index (Phi) is 5.17. The number of benzene rings is 2. The smallest absolute Gasteiger partial charge is 0.352 e. The summed E-state index contributed by atoms with van der Waals surface area (Å²) in [4.78, 5) is 24.5. The molecule has 0 spiro atoms. The van der Waals surface area contributed by atoms with Crippen molar-refractivity contribution in [3.8, 4) is 0 Å². The first-order chi connectivity index (χ1) is 14.5. The first-order valence-corrected chi connectivity index (χ1v) is 9.43. The molecule has 7 heteroatoms. The van der Waals surface area contributed by atoms with E-state index in [1.807, 2.05) is 73.7 Å². The molecule has 0 saturated carbocycles. The van der Waals surface area contributed by atoms with E-state index in [4.69, 9.17) is 0 Å². The van der Waals surface area contributed by atoms with E-state index in [0.29, 0.717) is 11.5 Å². The highest BCUT2D eigenvalue weighted by atomic mass is 16.4. The number of aromatic nitrogens is 2. The van der Waals surface area contributed by atoms with Crippen LogP contribution in [-0.2, 0) is 4.79 Å². The van der Waals surface area contributed by atoms with Crippen molar-refractivity contribution in [1.82, 2.24) is 9.78 Å². The van der Waals surface area contributed by atoms with Crippen molar-refractivity contribution in [2.75, 3.05) is 10.6 Å². The first-order valence-electron chi connectivity index (χ1n) is 9.43. The number of amides is 1. The highest BCUT2D eigenvalue weighted by molar-refractivity contribution is 6.08. The quantitative estimate of drug-likeness (QED) is 0.599. The minimum absolute atomic E-state index is 0.00402. The van der Waals surface area contributed by atoms with Gasteiger partial charge in [0.2, 0.25) is 0 Å². The van der Waals surface area contributed by atoms with E-state index in [-0.39, 0.29) is 17.2 Å². The average molecular weight is 400 g/mol. The van der Waals surface area contributed by atoms with Gasteiger partial charge >= 0.3 is 5.97 Å². The van der Waals surface area contributed by atoms with Crippen LogP contribution in [0.3, 0.4) is 0 Å². The van der Waals surface area contributed by atoms with Gasteiger partial charge in [0.1, 0.15) is 17.1 Å². The van der Waals surface area contributed by atoms with E-state index < -0.39 is 12.0 Å². The van der Waals surface area contributed by atoms with E-state index in [1.165, 1.54) is 6.20 Å². The van der Waals surface area contributed by atoms with Gasteiger partial charge in [-0.25, -0.2) is 9.48 Å². The molecule has 0 radical (unpaired) electrons. The summed E-state index contributed by atoms with van der Waals surface area (Å²) >= 11 is 0. The summed E-state index contributed by atoms with van der Waals surface area (Å²) in [6.07, 6.45) is 6.74. The number of carbonyl (C=O) groups is 2. The van der Waals surface area contributed by atoms with Crippen molar-refractivity contribution in [2.45, 2.75) is 13.0 Å². The van der Waals surface area contributed by atoms with Crippen molar-refractivity contribution in [3.63, 3.8) is 0 Å². The van der Waals surface area contributed by atoms with Gasteiger partial charge in [0.25, 0.3) is 5.91 Å². The normalized spacial score (nSPS) is 15.2. The fourth-order valence-electron chi connectivity index (χ4n) is 3.23. The van der Waals surface area contributed by atoms with Crippen molar-refractivity contribution in [1.29, 1.82) is 0 Å². The van der Waals surface area contributed by atoms with Crippen LogP contribution >= 0.6 is 0 Å². The van der Waals surface area contributed by atoms with Gasteiger partial charge in [-0.3, -0.25) is 4.79 Å². The SMILES string of the molecule is Cc1ccccc1NC(=O)c1cnn2c1NC(C(=O)O)=C[C@H]2/C=C/c1ccccc1. The summed E-state index contributed by atoms with van der Waals surface area (Å²) in [5.41, 5.74) is 2.86. The van der Waals surface area contributed by atoms with Gasteiger partial charge in [-0.2, -0.15) is 5.10 Å². The largest absolute Gasteiger partial charge is 0.477 e. The summed E-state index contributed by atoms with van der Waals surface area (Å²) in [6.45, 7) is 1.90. The van der Waals surface area contributed by atoms with Crippen molar-refractivity contribution in [3.05, 3.63) is 95.3 Å². The molecule has 1 atom stereocenters. The standard InChI is InChI=1S/C23H20N4O3/c1-15-7-5-6-10-19(15)26-22(28)18-14-24-27-17(12-11-16-8-3-2-4-9-16)13-20(23(29)30)25-21(18)27/h2-14,17,25H,1H3,(H,26,28)(H,29,30)/b12-11+/t17-/m1/s1. The van der Waals surface area contributed by atoms with Crippen LogP contribution < -0.4 is 10.6 Å². The summed E-state index contributed by atoms with van der Waals surface area (Å²) < 4.78 is 1.60. The number of hydrogen-bond acceptors (Lipinski definition) is 4. The second kappa shape index (κ2) is 8.08. The monoisotopic (exact) mass is 400 g/mol. The number of nitrogens with one attached hydrogen (secondary N) is 2. The molecule has 1 amide bonds. The van der Waals surface area contributed by atoms with E-state index >= 15 is 0 Å². The summed E-state index contributed by atoms with van der Waals surface area (Å²) in [7, 11) is 0. The summed E-state index contributed by atoms with van der Waals surface area (Å²) in [6, 6.07) is 16.7. The van der Waals surface area contributed by atoms with Gasteiger partial charge in [-0.05, 0) is 30.2 Å². The molecule has 150 valence electrons. The van der Waals surface area contributed by atoms with Crippen LogP contribution in [0.15, 0.2) is 78.6 Å². The Morgan fingerprint density at radius 3 is 2.60 bits per heavy atom. The molecule has 0 bridgehead atoms. The topological polar surface area (TPSA) is 96.3 Å². The number of fused-ring (bicyclic) bond motifs is 1. The zero-order valence-corrected chi connectivity index (χ0v) is 16.2. The van der Waals surface area contributed by atoms with Gasteiger partial charge in [0.05, 0.1) is 12.2 Å². The Morgan fingerprint density at radius 1 is 1.13 bits per heavy atom. The van der Waals surface area contributed by atoms with Crippen molar-refractivity contribution >= 4 is 29.5 Å². The van der Waals surface area contributed by atoms with E-state index in [0.717, 1.165) is 11.1 Å². The molecule has 2 aromatic carbocycles. The molecule has 2 heterocycles. The number of anilines is 2. The Labute approximate surface area is 173 Å². The molecule has 3 N–H and O–H groups in total. The second-order valence-electron chi connectivity index (χ2n) is 6.89. The maximum absolute atomic E-state index is 12.9. The highest BCUT2D eigenvalue weighted by Crippen LogP contribution is 2.30. The second-order valence-corrected chi connectivity index (χ2v) is 6.89. The molecule has 0 fully saturated rings. The fraction of sp³-hybridized carbons (Fsp3) is 0.0870. The number of para-hydroxylation sites is 1. The maximum Gasteiger partial charge on any atom is 0.352 e. The number of aliphatic carboxylic acids is 1. The molecule has 0 saturated heterocycles. The number of rotatable bonds is 5. The number of carboxylic acids is 1. The molecular formula is C23H20N4O3. The van der Waals surface area contributed by atoms with Crippen molar-refractivity contribution in [2.24, 2.45) is 0 Å². The predicted molar refractivity (Wildman–Crippen MR) is 115 cm³/mol. The number of allylic oxidation sites excluding steroid dienone is 2. The summed E-state index contributed by atoms with van der Waals surface area (Å²) in [5, 5.41) is 19.5. The molecule has 0 aliphatic carbocycles. The molecule has 7 nitrogen and oxygen atoms in total. The number of nitrogens with zero attached hydrogens (tertiary/aromatic N) is 2. The molecule has 1 aliphatic rings. The van der Waals surface area contributed by atoms with E-state index in [9.17, 15) is 14.7 Å². The molecule has 1 aliphatic heterocycles. The minimum atomic E-state index is -1.11. The van der Waals surface area contributed by atoms with Crippen LogP contribution in [0.2, 0.25) is 0 Å². The van der Waals surface area contributed by atoms with E-state index in [2.05, 4.69) is 15.7 Å². The molecular weight excluding hydrogens is 380 g/mol. The van der Waals surface area contributed by atoms with Gasteiger partial charge in [-0.1, -0.05) is 60.7 Å². The van der Waals surface area contributed by atoms with Gasteiger partial charge in [0.15, 0.2) is 0 Å². The molecule has 4 rings (SSSR count). The van der Waals surface area contributed by atoms with Crippen LogP contribution in [0, 0.1) is 6.92 Å². The lowest BCUT2D eigenvalue weighted by molar-refractivity contribution is -0.132. The summed E-state index contributed by atoms with van der Waals surface area (Å²) in [5.74, 6) is -1.13. The van der Waals surface area contributed by atoms with Gasteiger partial charge in [0, 0.05) is 5.69 Å². The van der Waals surface area contributed by atoms with Crippen LogP contribution in [0.5, 0.6) is 0 Å². The zero-order chi connectivity index (χ0) is 21.1. The number of hydrogen-bond donors (Lipinski definition) is 3. The van der Waals surface area contributed by atoms with Crippen LogP contribution in [0.1, 0.15) is 27.5 Å². The third kappa shape index (κ3) is 3.86. The number of aryl methyl sites for hydroxylation is 1. The van der Waals surface area contributed by atoms with Crippen LogP contribution in [0.4, 0.5) is 11.5 Å².